The molecule has 0 aromatic heterocycles. The lowest BCUT2D eigenvalue weighted by atomic mass is 9.96. The molecular formula is C16H22N2O3. The molecule has 0 saturated carbocycles. The van der Waals surface area contributed by atoms with Crippen molar-refractivity contribution in [3.05, 3.63) is 35.9 Å². The Hall–Kier alpha value is -1.88. The minimum atomic E-state index is -0.912. The van der Waals surface area contributed by atoms with Crippen LogP contribution in [-0.2, 0) is 9.59 Å². The number of carboxylic acids is 1. The Morgan fingerprint density at radius 1 is 1.38 bits per heavy atom. The highest BCUT2D eigenvalue weighted by Gasteiger charge is 2.26. The molecule has 2 atom stereocenters. The highest BCUT2D eigenvalue weighted by Crippen LogP contribution is 2.20. The Morgan fingerprint density at radius 2 is 2.10 bits per heavy atom. The molecular weight excluding hydrogens is 268 g/mol. The molecule has 1 aromatic carbocycles. The fourth-order valence-electron chi connectivity index (χ4n) is 2.78. The second kappa shape index (κ2) is 7.22. The lowest BCUT2D eigenvalue weighted by molar-refractivity contribution is -0.138. The van der Waals surface area contributed by atoms with E-state index in [1.54, 1.807) is 0 Å². The first-order valence-electron chi connectivity index (χ1n) is 7.32. The number of likely N-dealkylation sites (tertiary alicyclic amines) is 1. The van der Waals surface area contributed by atoms with Crippen molar-refractivity contribution in [2.24, 2.45) is 5.92 Å². The second-order valence-corrected chi connectivity index (χ2v) is 5.67. The number of hydrogen-bond acceptors (Lipinski definition) is 3. The third kappa shape index (κ3) is 4.56. The van der Waals surface area contributed by atoms with Gasteiger partial charge in [-0.2, -0.15) is 0 Å². The van der Waals surface area contributed by atoms with Crippen molar-refractivity contribution < 1.29 is 14.7 Å². The van der Waals surface area contributed by atoms with Crippen molar-refractivity contribution in [3.8, 4) is 0 Å². The molecule has 1 aliphatic rings. The molecule has 21 heavy (non-hydrogen) atoms. The number of hydrogen-bond donors (Lipinski definition) is 2. The number of carbonyl (C=O) groups is 2. The zero-order chi connectivity index (χ0) is 15.2. The van der Waals surface area contributed by atoms with Crippen LogP contribution in [0.5, 0.6) is 0 Å². The maximum atomic E-state index is 12.4. The van der Waals surface area contributed by atoms with Gasteiger partial charge >= 0.3 is 5.97 Å². The molecule has 1 heterocycles. The fraction of sp³-hybridized carbons (Fsp3) is 0.500. The first-order valence-corrected chi connectivity index (χ1v) is 7.32. The maximum Gasteiger partial charge on any atom is 0.305 e. The number of nitrogens with zero attached hydrogens (tertiary/aromatic N) is 1. The first-order chi connectivity index (χ1) is 10.1. The molecule has 5 nitrogen and oxygen atoms in total. The molecule has 1 saturated heterocycles. The van der Waals surface area contributed by atoms with E-state index in [1.165, 1.54) is 0 Å². The Bertz CT molecular complexity index is 490. The van der Waals surface area contributed by atoms with E-state index >= 15 is 0 Å². The molecule has 1 amide bonds. The van der Waals surface area contributed by atoms with Gasteiger partial charge < -0.3 is 15.3 Å². The Labute approximate surface area is 125 Å². The molecule has 114 valence electrons. The fourth-order valence-corrected chi connectivity index (χ4v) is 2.78. The molecule has 2 rings (SSSR count). The van der Waals surface area contributed by atoms with Gasteiger partial charge in [-0.25, -0.2) is 0 Å². The van der Waals surface area contributed by atoms with Gasteiger partial charge in [0.25, 0.3) is 0 Å². The second-order valence-electron chi connectivity index (χ2n) is 5.67. The van der Waals surface area contributed by atoms with Crippen molar-refractivity contribution >= 4 is 11.9 Å². The summed E-state index contributed by atoms with van der Waals surface area (Å²) in [7, 11) is 2.01. The predicted molar refractivity (Wildman–Crippen MR) is 79.8 cm³/mol. The molecule has 2 N–H and O–H groups in total. The number of amides is 1. The normalized spacial score (nSPS) is 20.7. The number of carbonyl (C=O) groups excluding carboxylic acids is 1. The van der Waals surface area contributed by atoms with Gasteiger partial charge in [0.1, 0.15) is 0 Å². The molecule has 0 spiro atoms. The van der Waals surface area contributed by atoms with Crippen molar-refractivity contribution in [3.63, 3.8) is 0 Å². The van der Waals surface area contributed by atoms with Gasteiger partial charge in [-0.1, -0.05) is 30.3 Å². The van der Waals surface area contributed by atoms with Crippen LogP contribution in [0.3, 0.4) is 0 Å². The van der Waals surface area contributed by atoms with E-state index in [2.05, 4.69) is 10.2 Å². The van der Waals surface area contributed by atoms with E-state index in [0.29, 0.717) is 0 Å². The summed E-state index contributed by atoms with van der Waals surface area (Å²) in [5, 5.41) is 12.0. The molecule has 0 bridgehead atoms. The van der Waals surface area contributed by atoms with Gasteiger partial charge in [0.2, 0.25) is 5.91 Å². The van der Waals surface area contributed by atoms with E-state index in [0.717, 1.165) is 31.5 Å². The zero-order valence-electron chi connectivity index (χ0n) is 12.3. The van der Waals surface area contributed by atoms with Crippen molar-refractivity contribution in [2.75, 3.05) is 20.1 Å². The summed E-state index contributed by atoms with van der Waals surface area (Å²) in [5.41, 5.74) is 0.831. The summed E-state index contributed by atoms with van der Waals surface area (Å²) >= 11 is 0. The summed E-state index contributed by atoms with van der Waals surface area (Å²) in [4.78, 5) is 25.6. The molecule has 1 aliphatic heterocycles. The van der Waals surface area contributed by atoms with Crippen LogP contribution in [0, 0.1) is 5.92 Å². The summed E-state index contributed by atoms with van der Waals surface area (Å²) < 4.78 is 0. The van der Waals surface area contributed by atoms with E-state index in [9.17, 15) is 9.59 Å². The first kappa shape index (κ1) is 15.5. The van der Waals surface area contributed by atoms with Crippen LogP contribution in [0.1, 0.15) is 30.9 Å². The van der Waals surface area contributed by atoms with Crippen LogP contribution < -0.4 is 5.32 Å². The average Bonchev–Trinajstić information content (AvgIpc) is 2.47. The SMILES string of the molecule is CN1CCCC(C(=O)NC(CC(=O)O)c2ccccc2)C1. The van der Waals surface area contributed by atoms with Crippen LogP contribution in [0.25, 0.3) is 0 Å². The maximum absolute atomic E-state index is 12.4. The van der Waals surface area contributed by atoms with Crippen LogP contribution in [-0.4, -0.2) is 42.0 Å². The van der Waals surface area contributed by atoms with E-state index in [1.807, 2.05) is 37.4 Å². The molecule has 1 fully saturated rings. The van der Waals surface area contributed by atoms with Gasteiger partial charge in [-0.3, -0.25) is 9.59 Å². The standard InChI is InChI=1S/C16H22N2O3/c1-18-9-5-8-13(11-18)16(21)17-14(10-15(19)20)12-6-3-2-4-7-12/h2-4,6-7,13-14H,5,8-11H2,1H3,(H,17,21)(H,19,20). The topological polar surface area (TPSA) is 69.6 Å². The quantitative estimate of drug-likeness (QED) is 0.865. The Kier molecular flexibility index (Phi) is 5.33. The van der Waals surface area contributed by atoms with Gasteiger partial charge in [-0.15, -0.1) is 0 Å². The molecule has 1 aromatic rings. The van der Waals surface area contributed by atoms with Crippen LogP contribution in [0.15, 0.2) is 30.3 Å². The average molecular weight is 290 g/mol. The summed E-state index contributed by atoms with van der Waals surface area (Å²) in [6, 6.07) is 8.81. The molecule has 0 aliphatic carbocycles. The van der Waals surface area contributed by atoms with Crippen molar-refractivity contribution in [1.29, 1.82) is 0 Å². The van der Waals surface area contributed by atoms with Gasteiger partial charge in [0.05, 0.1) is 18.4 Å². The number of benzene rings is 1. The third-order valence-corrected chi connectivity index (χ3v) is 3.89. The summed E-state index contributed by atoms with van der Waals surface area (Å²) in [6.07, 6.45) is 1.77. The van der Waals surface area contributed by atoms with Crippen molar-refractivity contribution in [1.82, 2.24) is 10.2 Å². The van der Waals surface area contributed by atoms with E-state index in [4.69, 9.17) is 5.11 Å². The summed E-state index contributed by atoms with van der Waals surface area (Å²) in [5.74, 6) is -1.01. The van der Waals surface area contributed by atoms with E-state index < -0.39 is 12.0 Å². The molecule has 2 unspecified atom stereocenters. The molecule has 0 radical (unpaired) electrons. The Morgan fingerprint density at radius 3 is 2.71 bits per heavy atom. The van der Waals surface area contributed by atoms with Crippen LogP contribution in [0.2, 0.25) is 0 Å². The third-order valence-electron chi connectivity index (χ3n) is 3.89. The van der Waals surface area contributed by atoms with Gasteiger partial charge in [0.15, 0.2) is 0 Å². The van der Waals surface area contributed by atoms with Crippen molar-refractivity contribution in [2.45, 2.75) is 25.3 Å². The minimum absolute atomic E-state index is 0.0448. The number of piperidine rings is 1. The number of carboxylic acid groups (broad SMARTS) is 1. The largest absolute Gasteiger partial charge is 0.481 e. The van der Waals surface area contributed by atoms with Crippen LogP contribution in [0.4, 0.5) is 0 Å². The predicted octanol–water partition coefficient (Wildman–Crippen LogP) is 1.66. The van der Waals surface area contributed by atoms with Gasteiger partial charge in [-0.05, 0) is 32.0 Å². The minimum Gasteiger partial charge on any atom is -0.481 e. The van der Waals surface area contributed by atoms with Crippen LogP contribution >= 0.6 is 0 Å². The lowest BCUT2D eigenvalue weighted by Crippen LogP contribution is -2.42. The zero-order valence-corrected chi connectivity index (χ0v) is 12.3. The highest BCUT2D eigenvalue weighted by molar-refractivity contribution is 5.80. The Balaban J connectivity index is 2.04. The number of rotatable bonds is 5. The molecule has 5 heteroatoms. The lowest BCUT2D eigenvalue weighted by Gasteiger charge is -2.30. The highest BCUT2D eigenvalue weighted by atomic mass is 16.4. The van der Waals surface area contributed by atoms with E-state index in [-0.39, 0.29) is 18.2 Å². The van der Waals surface area contributed by atoms with Gasteiger partial charge in [0, 0.05) is 6.54 Å². The number of aliphatic carboxylic acids is 1. The number of nitrogens with one attached hydrogen (secondary N) is 1. The summed E-state index contributed by atoms with van der Waals surface area (Å²) in [6.45, 7) is 1.75. The smallest absolute Gasteiger partial charge is 0.305 e. The monoisotopic (exact) mass is 290 g/mol.